The minimum atomic E-state index is -0.0141. The molecule has 0 aliphatic carbocycles. The lowest BCUT2D eigenvalue weighted by Crippen LogP contribution is -2.28. The number of azide groups is 1. The predicted molar refractivity (Wildman–Crippen MR) is 79.6 cm³/mol. The third-order valence-corrected chi connectivity index (χ3v) is 3.61. The molecule has 0 saturated carbocycles. The average Bonchev–Trinajstić information content (AvgIpc) is 2.76. The van der Waals surface area contributed by atoms with E-state index in [1.54, 1.807) is 0 Å². The zero-order chi connectivity index (χ0) is 14.8. The van der Waals surface area contributed by atoms with Crippen molar-refractivity contribution >= 4 is 11.6 Å². The molecule has 106 valence electrons. The van der Waals surface area contributed by atoms with Gasteiger partial charge in [0.2, 0.25) is 5.91 Å². The van der Waals surface area contributed by atoms with E-state index in [4.69, 9.17) is 5.53 Å². The van der Waals surface area contributed by atoms with Crippen LogP contribution in [0.1, 0.15) is 32.8 Å². The van der Waals surface area contributed by atoms with Crippen molar-refractivity contribution in [3.63, 3.8) is 0 Å². The van der Waals surface area contributed by atoms with Crippen LogP contribution in [0, 0.1) is 5.92 Å². The van der Waals surface area contributed by atoms with Crippen LogP contribution in [0.3, 0.4) is 0 Å². The van der Waals surface area contributed by atoms with Crippen LogP contribution in [0.4, 0.5) is 5.69 Å². The van der Waals surface area contributed by atoms with Gasteiger partial charge in [0.05, 0.1) is 0 Å². The second kappa shape index (κ2) is 5.55. The Morgan fingerprint density at radius 1 is 1.40 bits per heavy atom. The molecule has 0 N–H and O–H groups in total. The summed E-state index contributed by atoms with van der Waals surface area (Å²) in [7, 11) is 0. The van der Waals surface area contributed by atoms with Crippen LogP contribution in [0.25, 0.3) is 10.4 Å². The van der Waals surface area contributed by atoms with Crippen molar-refractivity contribution in [1.82, 2.24) is 0 Å². The molecule has 1 aliphatic heterocycles. The molecule has 5 nitrogen and oxygen atoms in total. The molecule has 5 heteroatoms. The van der Waals surface area contributed by atoms with E-state index in [9.17, 15) is 4.79 Å². The van der Waals surface area contributed by atoms with Gasteiger partial charge in [-0.2, -0.15) is 0 Å². The molecule has 1 saturated heterocycles. The van der Waals surface area contributed by atoms with Crippen LogP contribution in [0.15, 0.2) is 29.4 Å². The van der Waals surface area contributed by atoms with E-state index in [1.165, 1.54) is 0 Å². The molecule has 0 spiro atoms. The van der Waals surface area contributed by atoms with Crippen molar-refractivity contribution in [2.45, 2.75) is 32.6 Å². The van der Waals surface area contributed by atoms with Gasteiger partial charge in [-0.1, -0.05) is 44.1 Å². The number of benzene rings is 1. The Balaban J connectivity index is 2.29. The maximum Gasteiger partial charge on any atom is 0.227 e. The number of para-hydroxylation sites is 1. The van der Waals surface area contributed by atoms with Gasteiger partial charge in [0.25, 0.3) is 0 Å². The Bertz CT molecular complexity index is 555. The number of rotatable bonds is 3. The molecule has 1 aliphatic rings. The summed E-state index contributed by atoms with van der Waals surface area (Å²) in [5.74, 6) is 0.228. The fourth-order valence-electron chi connectivity index (χ4n) is 2.63. The number of nitrogens with zero attached hydrogens (tertiary/aromatic N) is 4. The Labute approximate surface area is 119 Å². The Morgan fingerprint density at radius 3 is 2.75 bits per heavy atom. The summed E-state index contributed by atoms with van der Waals surface area (Å²) in [6.07, 6.45) is 0.456. The van der Waals surface area contributed by atoms with E-state index in [0.717, 1.165) is 11.3 Å². The molecule has 1 atom stereocenters. The third-order valence-electron chi connectivity index (χ3n) is 3.61. The van der Waals surface area contributed by atoms with E-state index >= 15 is 0 Å². The second-order valence-electron chi connectivity index (χ2n) is 6.26. The number of carbonyl (C=O) groups excluding carboxylic acids is 1. The van der Waals surface area contributed by atoms with E-state index in [-0.39, 0.29) is 17.2 Å². The molecule has 1 heterocycles. The molecule has 0 aromatic heterocycles. The highest BCUT2D eigenvalue weighted by Crippen LogP contribution is 2.35. The number of hydrogen-bond acceptors (Lipinski definition) is 2. The topological polar surface area (TPSA) is 69.1 Å². The monoisotopic (exact) mass is 272 g/mol. The van der Waals surface area contributed by atoms with Crippen LogP contribution in [0.2, 0.25) is 0 Å². The smallest absolute Gasteiger partial charge is 0.227 e. The fourth-order valence-corrected chi connectivity index (χ4v) is 2.63. The largest absolute Gasteiger partial charge is 0.312 e. The summed E-state index contributed by atoms with van der Waals surface area (Å²) in [6.45, 7) is 7.44. The van der Waals surface area contributed by atoms with Crippen molar-refractivity contribution < 1.29 is 4.79 Å². The normalized spacial score (nSPS) is 19.1. The first-order valence-electron chi connectivity index (χ1n) is 6.84. The van der Waals surface area contributed by atoms with Gasteiger partial charge in [-0.25, -0.2) is 0 Å². The molecule has 2 rings (SSSR count). The molecule has 1 unspecified atom stereocenters. The summed E-state index contributed by atoms with van der Waals surface area (Å²) in [5, 5.41) is 3.59. The fraction of sp³-hybridized carbons (Fsp3) is 0.533. The number of hydrogen-bond donors (Lipinski definition) is 0. The average molecular weight is 272 g/mol. The van der Waals surface area contributed by atoms with Gasteiger partial charge in [0.1, 0.15) is 0 Å². The second-order valence-corrected chi connectivity index (χ2v) is 6.26. The Hall–Kier alpha value is -2.00. The molecule has 1 amide bonds. The van der Waals surface area contributed by atoms with Gasteiger partial charge in [0, 0.05) is 30.1 Å². The third kappa shape index (κ3) is 2.94. The summed E-state index contributed by atoms with van der Waals surface area (Å²) >= 11 is 0. The SMILES string of the molecule is CC(C)(C)c1ccccc1N1CC(CN=[N+]=[N-])CC1=O. The van der Waals surface area contributed by atoms with Crippen molar-refractivity contribution in [3.8, 4) is 0 Å². The molecule has 1 aromatic carbocycles. The number of amides is 1. The predicted octanol–water partition coefficient (Wildman–Crippen LogP) is 3.65. The first-order valence-corrected chi connectivity index (χ1v) is 6.84. The maximum atomic E-state index is 12.2. The summed E-state index contributed by atoms with van der Waals surface area (Å²) in [4.78, 5) is 16.8. The van der Waals surface area contributed by atoms with E-state index < -0.39 is 0 Å². The van der Waals surface area contributed by atoms with Crippen LogP contribution < -0.4 is 4.90 Å². The quantitative estimate of drug-likeness (QED) is 0.470. The van der Waals surface area contributed by atoms with Crippen molar-refractivity contribution in [2.24, 2.45) is 11.0 Å². The first-order chi connectivity index (χ1) is 9.43. The molecule has 1 aromatic rings. The van der Waals surface area contributed by atoms with E-state index in [1.807, 2.05) is 23.1 Å². The molecule has 20 heavy (non-hydrogen) atoms. The lowest BCUT2D eigenvalue weighted by Gasteiger charge is -2.27. The van der Waals surface area contributed by atoms with Gasteiger partial charge in [-0.05, 0) is 28.5 Å². The summed E-state index contributed by atoms with van der Waals surface area (Å²) in [5.41, 5.74) is 10.5. The molecule has 0 bridgehead atoms. The van der Waals surface area contributed by atoms with Gasteiger partial charge in [-0.3, -0.25) is 4.79 Å². The van der Waals surface area contributed by atoms with Crippen LogP contribution in [-0.2, 0) is 10.2 Å². The maximum absolute atomic E-state index is 12.2. The molecule has 0 radical (unpaired) electrons. The molecular weight excluding hydrogens is 252 g/mol. The summed E-state index contributed by atoms with van der Waals surface area (Å²) < 4.78 is 0. The van der Waals surface area contributed by atoms with Gasteiger partial charge in [-0.15, -0.1) is 0 Å². The van der Waals surface area contributed by atoms with Crippen molar-refractivity contribution in [1.29, 1.82) is 0 Å². The van der Waals surface area contributed by atoms with Gasteiger partial charge >= 0.3 is 0 Å². The lowest BCUT2D eigenvalue weighted by atomic mass is 9.85. The molecule has 1 fully saturated rings. The standard InChI is InChI=1S/C15H20N4O/c1-15(2,3)12-6-4-5-7-13(12)19-10-11(8-14(19)20)9-17-18-16/h4-7,11H,8-10H2,1-3H3. The van der Waals surface area contributed by atoms with Crippen LogP contribution >= 0.6 is 0 Å². The van der Waals surface area contributed by atoms with Crippen molar-refractivity contribution in [3.05, 3.63) is 40.3 Å². The van der Waals surface area contributed by atoms with Crippen LogP contribution in [-0.4, -0.2) is 19.0 Å². The number of anilines is 1. The zero-order valence-corrected chi connectivity index (χ0v) is 12.2. The van der Waals surface area contributed by atoms with Crippen LogP contribution in [0.5, 0.6) is 0 Å². The minimum Gasteiger partial charge on any atom is -0.312 e. The van der Waals surface area contributed by atoms with E-state index in [2.05, 4.69) is 36.9 Å². The highest BCUT2D eigenvalue weighted by atomic mass is 16.2. The van der Waals surface area contributed by atoms with E-state index in [0.29, 0.717) is 19.5 Å². The Kier molecular flexibility index (Phi) is 4.00. The highest BCUT2D eigenvalue weighted by Gasteiger charge is 2.32. The molecular formula is C15H20N4O. The lowest BCUT2D eigenvalue weighted by molar-refractivity contribution is -0.117. The minimum absolute atomic E-state index is 0.0141. The zero-order valence-electron chi connectivity index (χ0n) is 12.2. The highest BCUT2D eigenvalue weighted by molar-refractivity contribution is 5.96. The van der Waals surface area contributed by atoms with Crippen molar-refractivity contribution in [2.75, 3.05) is 18.0 Å². The Morgan fingerprint density at radius 2 is 2.10 bits per heavy atom. The summed E-state index contributed by atoms with van der Waals surface area (Å²) in [6, 6.07) is 8.03. The number of carbonyl (C=O) groups is 1. The first kappa shape index (κ1) is 14.4. The van der Waals surface area contributed by atoms with Gasteiger partial charge < -0.3 is 4.90 Å². The van der Waals surface area contributed by atoms with Gasteiger partial charge in [0.15, 0.2) is 0 Å².